The summed E-state index contributed by atoms with van der Waals surface area (Å²) in [5.41, 5.74) is 2.05. The Bertz CT molecular complexity index is 1140. The van der Waals surface area contributed by atoms with Crippen LogP contribution in [0.2, 0.25) is 0 Å². The van der Waals surface area contributed by atoms with Crippen LogP contribution in [0.15, 0.2) is 36.7 Å². The van der Waals surface area contributed by atoms with Crippen LogP contribution in [0.25, 0.3) is 5.69 Å². The summed E-state index contributed by atoms with van der Waals surface area (Å²) in [6, 6.07) is 6.91. The summed E-state index contributed by atoms with van der Waals surface area (Å²) in [5.74, 6) is 1.11. The molecule has 0 spiro atoms. The maximum atomic E-state index is 13.9. The number of aromatic nitrogens is 5. The van der Waals surface area contributed by atoms with Gasteiger partial charge in [-0.25, -0.2) is 14.4 Å². The van der Waals surface area contributed by atoms with Crippen molar-refractivity contribution in [2.24, 2.45) is 11.8 Å². The minimum absolute atomic E-state index is 0.0205. The number of amides is 1. The number of carbonyl (C=O) groups is 1. The molecule has 3 fully saturated rings. The molecule has 3 aromatic rings. The van der Waals surface area contributed by atoms with Crippen LogP contribution in [-0.2, 0) is 0 Å². The summed E-state index contributed by atoms with van der Waals surface area (Å²) in [4.78, 5) is 26.2. The highest BCUT2D eigenvalue weighted by atomic mass is 19.1. The number of aryl methyl sites for hydroxylation is 2. The summed E-state index contributed by atoms with van der Waals surface area (Å²) in [5, 5.41) is 11.7. The van der Waals surface area contributed by atoms with Crippen molar-refractivity contribution in [2.75, 3.05) is 11.9 Å². The van der Waals surface area contributed by atoms with Gasteiger partial charge in [0.05, 0.1) is 24.1 Å². The molecule has 1 amide bonds. The molecule has 5 heterocycles. The molecule has 2 aliphatic heterocycles. The Morgan fingerprint density at radius 1 is 1.12 bits per heavy atom. The summed E-state index contributed by atoms with van der Waals surface area (Å²) in [7, 11) is 0. The van der Waals surface area contributed by atoms with E-state index < -0.39 is 0 Å². The monoisotopic (exact) mass is 435 g/mol. The van der Waals surface area contributed by atoms with Crippen molar-refractivity contribution < 1.29 is 9.18 Å². The molecule has 9 heteroatoms. The van der Waals surface area contributed by atoms with Gasteiger partial charge in [0.1, 0.15) is 17.3 Å². The molecule has 8 nitrogen and oxygen atoms in total. The molecule has 2 atom stereocenters. The molecule has 0 aromatic carbocycles. The van der Waals surface area contributed by atoms with Crippen LogP contribution in [0.4, 0.5) is 10.2 Å². The van der Waals surface area contributed by atoms with Crippen LogP contribution in [0.1, 0.15) is 41.6 Å². The quantitative estimate of drug-likeness (QED) is 0.662. The largest absolute Gasteiger partial charge is 0.368 e. The molecule has 1 N–H and O–H groups in total. The SMILES string of the molecule is Cc1ccc(-n2nccn2)c(C(=O)N2C3CC(C3)[C@@H](C)C2CNc2ccc(F)c(C)n2)n1. The smallest absolute Gasteiger partial charge is 0.275 e. The molecule has 32 heavy (non-hydrogen) atoms. The van der Waals surface area contributed by atoms with Crippen LogP contribution in [0, 0.1) is 31.5 Å². The van der Waals surface area contributed by atoms with E-state index in [2.05, 4.69) is 32.4 Å². The van der Waals surface area contributed by atoms with Crippen molar-refractivity contribution in [1.82, 2.24) is 29.9 Å². The summed E-state index contributed by atoms with van der Waals surface area (Å²) < 4.78 is 13.6. The van der Waals surface area contributed by atoms with Crippen molar-refractivity contribution in [3.05, 3.63) is 59.6 Å². The Balaban J connectivity index is 1.45. The Labute approximate surface area is 185 Å². The standard InChI is InChI=1S/C23H26FN7O/c1-13-4-6-19(31-26-8-9-27-31)22(28-13)23(32)30-17-10-16(11-17)14(2)20(30)12-25-21-7-5-18(24)15(3)29-21/h4-9,14,16-17,20H,10-12H2,1-3H3,(H,25,29)/t14-,16?,17?,20?/m1/s1. The molecule has 2 saturated heterocycles. The van der Waals surface area contributed by atoms with Crippen molar-refractivity contribution in [3.63, 3.8) is 0 Å². The number of nitrogens with zero attached hydrogens (tertiary/aromatic N) is 6. The first-order valence-corrected chi connectivity index (χ1v) is 11.0. The number of pyridine rings is 2. The Morgan fingerprint density at radius 2 is 1.88 bits per heavy atom. The third kappa shape index (κ3) is 3.51. The zero-order chi connectivity index (χ0) is 22.4. The normalized spacial score (nSPS) is 24.2. The van der Waals surface area contributed by atoms with Gasteiger partial charge in [-0.2, -0.15) is 10.2 Å². The van der Waals surface area contributed by atoms with Gasteiger partial charge in [-0.15, -0.1) is 4.80 Å². The predicted octanol–water partition coefficient (Wildman–Crippen LogP) is 3.16. The lowest BCUT2D eigenvalue weighted by Gasteiger charge is -2.57. The number of piperidine rings is 2. The molecule has 0 radical (unpaired) electrons. The fourth-order valence-electron chi connectivity index (χ4n) is 4.91. The maximum absolute atomic E-state index is 13.9. The lowest BCUT2D eigenvalue weighted by atomic mass is 9.64. The molecule has 3 aromatic heterocycles. The van der Waals surface area contributed by atoms with Crippen molar-refractivity contribution in [3.8, 4) is 5.69 Å². The first-order chi connectivity index (χ1) is 15.4. The van der Waals surface area contributed by atoms with E-state index in [0.29, 0.717) is 41.3 Å². The summed E-state index contributed by atoms with van der Waals surface area (Å²) in [6.45, 7) is 6.26. The average molecular weight is 436 g/mol. The third-order valence-electron chi connectivity index (χ3n) is 6.85. The molecule has 2 bridgehead atoms. The van der Waals surface area contributed by atoms with Crippen LogP contribution < -0.4 is 5.32 Å². The topological polar surface area (TPSA) is 88.8 Å². The van der Waals surface area contributed by atoms with E-state index in [-0.39, 0.29) is 23.8 Å². The van der Waals surface area contributed by atoms with Gasteiger partial charge in [0.25, 0.3) is 5.91 Å². The second-order valence-electron chi connectivity index (χ2n) is 8.81. The molecular formula is C23H26FN7O. The lowest BCUT2D eigenvalue weighted by Crippen LogP contribution is -2.64. The van der Waals surface area contributed by atoms with Gasteiger partial charge in [0.2, 0.25) is 0 Å². The van der Waals surface area contributed by atoms with Gasteiger partial charge in [-0.1, -0.05) is 6.92 Å². The first kappa shape index (κ1) is 20.5. The first-order valence-electron chi connectivity index (χ1n) is 11.0. The Hall–Kier alpha value is -3.36. The van der Waals surface area contributed by atoms with E-state index in [1.807, 2.05) is 24.0 Å². The maximum Gasteiger partial charge on any atom is 0.275 e. The molecule has 6 rings (SSSR count). The average Bonchev–Trinajstić information content (AvgIpc) is 3.28. The zero-order valence-corrected chi connectivity index (χ0v) is 18.4. The van der Waals surface area contributed by atoms with Crippen molar-refractivity contribution >= 4 is 11.7 Å². The fraction of sp³-hybridized carbons (Fsp3) is 0.435. The van der Waals surface area contributed by atoms with E-state index in [0.717, 1.165) is 18.5 Å². The van der Waals surface area contributed by atoms with Crippen molar-refractivity contribution in [1.29, 1.82) is 0 Å². The van der Waals surface area contributed by atoms with Gasteiger partial charge in [0, 0.05) is 18.3 Å². The van der Waals surface area contributed by atoms with Crippen LogP contribution in [0.3, 0.4) is 0 Å². The zero-order valence-electron chi connectivity index (χ0n) is 18.4. The van der Waals surface area contributed by atoms with E-state index in [9.17, 15) is 9.18 Å². The molecule has 1 unspecified atom stereocenters. The third-order valence-corrected chi connectivity index (χ3v) is 6.85. The van der Waals surface area contributed by atoms with Gasteiger partial charge in [-0.05, 0) is 62.8 Å². The second kappa shape index (κ2) is 7.96. The minimum atomic E-state index is -0.329. The van der Waals surface area contributed by atoms with Gasteiger partial charge >= 0.3 is 0 Å². The number of hydrogen-bond donors (Lipinski definition) is 1. The lowest BCUT2D eigenvalue weighted by molar-refractivity contribution is -0.0505. The van der Waals surface area contributed by atoms with Crippen LogP contribution in [-0.4, -0.2) is 54.4 Å². The Kier molecular flexibility index (Phi) is 5.11. The molecular weight excluding hydrogens is 409 g/mol. The highest BCUT2D eigenvalue weighted by Crippen LogP contribution is 2.47. The highest BCUT2D eigenvalue weighted by molar-refractivity contribution is 5.96. The van der Waals surface area contributed by atoms with Crippen molar-refractivity contribution in [2.45, 2.75) is 45.7 Å². The predicted molar refractivity (Wildman–Crippen MR) is 117 cm³/mol. The molecule has 166 valence electrons. The number of fused-ring (bicyclic) bond motifs is 2. The van der Waals surface area contributed by atoms with Gasteiger partial charge in [0.15, 0.2) is 5.69 Å². The fourth-order valence-corrected chi connectivity index (χ4v) is 4.91. The molecule has 1 saturated carbocycles. The summed E-state index contributed by atoms with van der Waals surface area (Å²) in [6.07, 6.45) is 5.19. The summed E-state index contributed by atoms with van der Waals surface area (Å²) >= 11 is 0. The van der Waals surface area contributed by atoms with E-state index in [1.54, 1.807) is 25.4 Å². The van der Waals surface area contributed by atoms with Gasteiger partial charge in [-0.3, -0.25) is 4.79 Å². The van der Waals surface area contributed by atoms with E-state index in [4.69, 9.17) is 0 Å². The van der Waals surface area contributed by atoms with Gasteiger partial charge < -0.3 is 10.2 Å². The minimum Gasteiger partial charge on any atom is -0.368 e. The number of halogens is 1. The molecule has 1 aliphatic carbocycles. The molecule has 3 aliphatic rings. The number of nitrogens with one attached hydrogen (secondary N) is 1. The van der Waals surface area contributed by atoms with Crippen LogP contribution >= 0.6 is 0 Å². The number of rotatable bonds is 5. The number of anilines is 1. The van der Waals surface area contributed by atoms with E-state index >= 15 is 0 Å². The Morgan fingerprint density at radius 3 is 2.59 bits per heavy atom. The van der Waals surface area contributed by atoms with Crippen LogP contribution in [0.5, 0.6) is 0 Å². The number of hydrogen-bond acceptors (Lipinski definition) is 6. The highest BCUT2D eigenvalue weighted by Gasteiger charge is 2.51. The second-order valence-corrected chi connectivity index (χ2v) is 8.81. The number of carbonyl (C=O) groups excluding carboxylic acids is 1. The van der Waals surface area contributed by atoms with E-state index in [1.165, 1.54) is 10.9 Å².